The Morgan fingerprint density at radius 1 is 1.16 bits per heavy atom. The van der Waals surface area contributed by atoms with E-state index in [4.69, 9.17) is 9.47 Å². The molecule has 0 aliphatic carbocycles. The van der Waals surface area contributed by atoms with Crippen LogP contribution in [0.2, 0.25) is 0 Å². The average Bonchev–Trinajstić information content (AvgIpc) is 2.64. The lowest BCUT2D eigenvalue weighted by molar-refractivity contribution is -0.127. The Morgan fingerprint density at radius 3 is 2.56 bits per heavy atom. The van der Waals surface area contributed by atoms with Crippen molar-refractivity contribution >= 4 is 17.7 Å². The lowest BCUT2D eigenvalue weighted by Crippen LogP contribution is -2.39. The molecule has 0 heterocycles. The van der Waals surface area contributed by atoms with Crippen LogP contribution in [-0.4, -0.2) is 31.4 Å². The van der Waals surface area contributed by atoms with Crippen LogP contribution in [0.4, 0.5) is 0 Å². The second kappa shape index (κ2) is 9.99. The van der Waals surface area contributed by atoms with Crippen molar-refractivity contribution < 1.29 is 14.3 Å². The van der Waals surface area contributed by atoms with Gasteiger partial charge in [0.15, 0.2) is 6.10 Å². The molecule has 0 aliphatic rings. The van der Waals surface area contributed by atoms with Crippen molar-refractivity contribution in [3.05, 3.63) is 54.1 Å². The van der Waals surface area contributed by atoms with E-state index < -0.39 is 6.10 Å². The number of methoxy groups -OCH3 is 1. The quantitative estimate of drug-likeness (QED) is 0.542. The molecular formula is C20H25NO3S. The molecular weight excluding hydrogens is 334 g/mol. The first kappa shape index (κ1) is 19.2. The van der Waals surface area contributed by atoms with Gasteiger partial charge < -0.3 is 14.8 Å². The molecule has 0 spiro atoms. The summed E-state index contributed by atoms with van der Waals surface area (Å²) >= 11 is 1.73. The molecule has 2 rings (SSSR count). The predicted molar refractivity (Wildman–Crippen MR) is 103 cm³/mol. The fourth-order valence-corrected chi connectivity index (χ4v) is 3.02. The molecule has 134 valence electrons. The third kappa shape index (κ3) is 6.35. The first-order valence-corrected chi connectivity index (χ1v) is 9.39. The maximum Gasteiger partial charge on any atom is 0.261 e. The largest absolute Gasteiger partial charge is 0.497 e. The summed E-state index contributed by atoms with van der Waals surface area (Å²) in [5.41, 5.74) is 1.25. The Labute approximate surface area is 153 Å². The topological polar surface area (TPSA) is 47.6 Å². The highest BCUT2D eigenvalue weighted by Crippen LogP contribution is 2.21. The van der Waals surface area contributed by atoms with E-state index in [1.165, 1.54) is 10.5 Å². The van der Waals surface area contributed by atoms with Crippen molar-refractivity contribution in [1.82, 2.24) is 5.32 Å². The minimum absolute atomic E-state index is 0.0881. The maximum atomic E-state index is 12.3. The van der Waals surface area contributed by atoms with Gasteiger partial charge in [-0.3, -0.25) is 4.79 Å². The van der Waals surface area contributed by atoms with E-state index in [0.717, 1.165) is 5.75 Å². The molecule has 4 nitrogen and oxygen atoms in total. The minimum atomic E-state index is -0.503. The van der Waals surface area contributed by atoms with Gasteiger partial charge in [0.2, 0.25) is 0 Å². The van der Waals surface area contributed by atoms with Crippen molar-refractivity contribution in [2.75, 3.05) is 19.4 Å². The van der Waals surface area contributed by atoms with E-state index in [-0.39, 0.29) is 5.91 Å². The van der Waals surface area contributed by atoms with Gasteiger partial charge in [-0.2, -0.15) is 0 Å². The molecule has 2 aromatic rings. The van der Waals surface area contributed by atoms with Crippen molar-refractivity contribution in [2.24, 2.45) is 0 Å². The zero-order valence-corrected chi connectivity index (χ0v) is 15.8. The normalized spacial score (nSPS) is 11.6. The second-order valence-electron chi connectivity index (χ2n) is 5.65. The molecule has 1 N–H and O–H groups in total. The minimum Gasteiger partial charge on any atom is -0.497 e. The van der Waals surface area contributed by atoms with Crippen LogP contribution in [-0.2, 0) is 4.79 Å². The van der Waals surface area contributed by atoms with Gasteiger partial charge in [0.05, 0.1) is 7.11 Å². The van der Waals surface area contributed by atoms with Crippen LogP contribution < -0.4 is 14.8 Å². The number of hydrogen-bond acceptors (Lipinski definition) is 4. The Morgan fingerprint density at radius 2 is 1.88 bits per heavy atom. The standard InChI is InChI=1S/C20H25NO3S/c1-4-19(24-17-7-5-6-16(14-17)23-3)20(22)21-12-13-25-18-10-8-15(2)9-11-18/h5-11,14,19H,4,12-13H2,1-3H3,(H,21,22)/t19-/m1/s1. The number of carbonyl (C=O) groups is 1. The monoisotopic (exact) mass is 359 g/mol. The Bertz CT molecular complexity index is 673. The van der Waals surface area contributed by atoms with Crippen LogP contribution in [0.5, 0.6) is 11.5 Å². The van der Waals surface area contributed by atoms with Crippen LogP contribution in [0.3, 0.4) is 0 Å². The molecule has 1 amide bonds. The van der Waals surface area contributed by atoms with Crippen molar-refractivity contribution in [3.8, 4) is 11.5 Å². The molecule has 0 aromatic heterocycles. The summed E-state index contributed by atoms with van der Waals surface area (Å²) in [7, 11) is 1.61. The molecule has 0 unspecified atom stereocenters. The van der Waals surface area contributed by atoms with Crippen molar-refractivity contribution in [3.63, 3.8) is 0 Å². The highest BCUT2D eigenvalue weighted by Gasteiger charge is 2.18. The molecule has 0 saturated heterocycles. The first-order valence-electron chi connectivity index (χ1n) is 8.40. The van der Waals surface area contributed by atoms with E-state index in [1.54, 1.807) is 24.9 Å². The van der Waals surface area contributed by atoms with E-state index in [0.29, 0.717) is 24.5 Å². The smallest absolute Gasteiger partial charge is 0.261 e. The SMILES string of the molecule is CC[C@@H](Oc1cccc(OC)c1)C(=O)NCCSc1ccc(C)cc1. The van der Waals surface area contributed by atoms with Gasteiger partial charge in [-0.1, -0.05) is 30.7 Å². The number of nitrogens with one attached hydrogen (secondary N) is 1. The van der Waals surface area contributed by atoms with E-state index in [9.17, 15) is 4.79 Å². The Balaban J connectivity index is 1.78. The first-order chi connectivity index (χ1) is 12.1. The van der Waals surface area contributed by atoms with Gasteiger partial charge in [0, 0.05) is 23.3 Å². The summed E-state index contributed by atoms with van der Waals surface area (Å²) in [6.07, 6.45) is 0.102. The van der Waals surface area contributed by atoms with Gasteiger partial charge in [-0.05, 0) is 37.6 Å². The molecule has 0 fully saturated rings. The summed E-state index contributed by atoms with van der Waals surface area (Å²) in [4.78, 5) is 13.5. The molecule has 0 bridgehead atoms. The number of benzene rings is 2. The summed E-state index contributed by atoms with van der Waals surface area (Å²) in [6.45, 7) is 4.61. The Kier molecular flexibility index (Phi) is 7.67. The van der Waals surface area contributed by atoms with Crippen LogP contribution in [0.25, 0.3) is 0 Å². The molecule has 0 aliphatic heterocycles. The average molecular weight is 359 g/mol. The number of rotatable bonds is 9. The fourth-order valence-electron chi connectivity index (χ4n) is 2.25. The molecule has 5 heteroatoms. The summed E-state index contributed by atoms with van der Waals surface area (Å²) in [6, 6.07) is 15.7. The number of aryl methyl sites for hydroxylation is 1. The highest BCUT2D eigenvalue weighted by molar-refractivity contribution is 7.99. The third-order valence-corrected chi connectivity index (χ3v) is 4.69. The zero-order valence-electron chi connectivity index (χ0n) is 15.0. The van der Waals surface area contributed by atoms with Gasteiger partial charge in [-0.25, -0.2) is 0 Å². The van der Waals surface area contributed by atoms with E-state index in [2.05, 4.69) is 36.5 Å². The molecule has 0 radical (unpaired) electrons. The maximum absolute atomic E-state index is 12.3. The third-order valence-electron chi connectivity index (χ3n) is 3.67. The predicted octanol–water partition coefficient (Wildman–Crippen LogP) is 4.07. The lowest BCUT2D eigenvalue weighted by atomic mass is 10.2. The van der Waals surface area contributed by atoms with Crippen LogP contribution in [0.15, 0.2) is 53.4 Å². The second-order valence-corrected chi connectivity index (χ2v) is 6.81. The van der Waals surface area contributed by atoms with Crippen LogP contribution >= 0.6 is 11.8 Å². The summed E-state index contributed by atoms with van der Waals surface area (Å²) < 4.78 is 11.0. The summed E-state index contributed by atoms with van der Waals surface area (Å²) in [5, 5.41) is 2.95. The van der Waals surface area contributed by atoms with Gasteiger partial charge in [0.25, 0.3) is 5.91 Å². The lowest BCUT2D eigenvalue weighted by Gasteiger charge is -2.17. The molecule has 25 heavy (non-hydrogen) atoms. The summed E-state index contributed by atoms with van der Waals surface area (Å²) in [5.74, 6) is 2.08. The van der Waals surface area contributed by atoms with E-state index in [1.807, 2.05) is 25.1 Å². The van der Waals surface area contributed by atoms with Crippen molar-refractivity contribution in [1.29, 1.82) is 0 Å². The van der Waals surface area contributed by atoms with Crippen LogP contribution in [0.1, 0.15) is 18.9 Å². The number of thioether (sulfide) groups is 1. The fraction of sp³-hybridized carbons (Fsp3) is 0.350. The van der Waals surface area contributed by atoms with Crippen LogP contribution in [0, 0.1) is 6.92 Å². The number of carbonyl (C=O) groups excluding carboxylic acids is 1. The number of amides is 1. The van der Waals surface area contributed by atoms with Crippen molar-refractivity contribution in [2.45, 2.75) is 31.3 Å². The zero-order chi connectivity index (χ0) is 18.1. The number of ether oxygens (including phenoxy) is 2. The van der Waals surface area contributed by atoms with Gasteiger partial charge in [0.1, 0.15) is 11.5 Å². The van der Waals surface area contributed by atoms with E-state index >= 15 is 0 Å². The van der Waals surface area contributed by atoms with Gasteiger partial charge in [-0.15, -0.1) is 11.8 Å². The molecule has 1 atom stereocenters. The highest BCUT2D eigenvalue weighted by atomic mass is 32.2. The number of hydrogen-bond donors (Lipinski definition) is 1. The molecule has 0 saturated carbocycles. The van der Waals surface area contributed by atoms with Gasteiger partial charge >= 0.3 is 0 Å². The Hall–Kier alpha value is -2.14. The molecule has 2 aromatic carbocycles.